The van der Waals surface area contributed by atoms with Crippen LogP contribution in [0.1, 0.15) is 91.2 Å². The molecule has 4 rings (SSSR count). The summed E-state index contributed by atoms with van der Waals surface area (Å²) < 4.78 is 12.1. The number of ketones is 1. The topological polar surface area (TPSA) is 127 Å². The van der Waals surface area contributed by atoms with Crippen molar-refractivity contribution in [3.63, 3.8) is 0 Å². The van der Waals surface area contributed by atoms with Crippen molar-refractivity contribution in [2.24, 2.45) is 24.3 Å². The van der Waals surface area contributed by atoms with Crippen LogP contribution in [0.25, 0.3) is 11.0 Å². The third-order valence-electron chi connectivity index (χ3n) is 8.71. The monoisotopic (exact) mass is 529 g/mol. The number of cyclic esters (lactones) is 1. The maximum Gasteiger partial charge on any atom is 0.309 e. The van der Waals surface area contributed by atoms with Crippen LogP contribution in [-0.4, -0.2) is 60.9 Å². The van der Waals surface area contributed by atoms with Crippen molar-refractivity contribution in [2.45, 2.75) is 110 Å². The lowest BCUT2D eigenvalue weighted by molar-refractivity contribution is -0.156. The van der Waals surface area contributed by atoms with Gasteiger partial charge in [0.05, 0.1) is 35.7 Å². The molecule has 3 heterocycles. The van der Waals surface area contributed by atoms with Crippen molar-refractivity contribution < 1.29 is 29.3 Å². The van der Waals surface area contributed by atoms with E-state index in [-0.39, 0.29) is 29.8 Å². The van der Waals surface area contributed by atoms with Crippen molar-refractivity contribution >= 4 is 22.8 Å². The summed E-state index contributed by atoms with van der Waals surface area (Å²) >= 11 is 0. The Bertz CT molecular complexity index is 1160. The van der Waals surface area contributed by atoms with E-state index in [9.17, 15) is 19.8 Å². The van der Waals surface area contributed by atoms with Crippen LogP contribution in [0.15, 0.2) is 18.2 Å². The molecule has 2 aromatic rings. The summed E-state index contributed by atoms with van der Waals surface area (Å²) in [6.07, 6.45) is 1.12. The second kappa shape index (κ2) is 11.0. The fraction of sp³-hybridized carbons (Fsp3) is 0.724. The molecule has 2 saturated heterocycles. The third-order valence-corrected chi connectivity index (χ3v) is 8.71. The number of nitrogens with zero attached hydrogens (tertiary/aromatic N) is 3. The molecule has 0 amide bonds. The molecule has 2 aliphatic rings. The Morgan fingerprint density at radius 1 is 1.13 bits per heavy atom. The fourth-order valence-corrected chi connectivity index (χ4v) is 5.87. The Morgan fingerprint density at radius 3 is 2.55 bits per heavy atom. The van der Waals surface area contributed by atoms with E-state index in [0.717, 1.165) is 36.8 Å². The molecule has 2 fully saturated rings. The number of carbonyl (C=O) groups is 2. The molecule has 0 saturated carbocycles. The van der Waals surface area contributed by atoms with Crippen LogP contribution in [0.5, 0.6) is 0 Å². The zero-order valence-electron chi connectivity index (χ0n) is 23.5. The normalized spacial score (nSPS) is 35.1. The zero-order chi connectivity index (χ0) is 27.8. The Hall–Kier alpha value is -2.36. The van der Waals surface area contributed by atoms with E-state index in [0.29, 0.717) is 18.4 Å². The number of hydrogen-bond donors (Lipinski definition) is 2. The van der Waals surface area contributed by atoms with Gasteiger partial charge in [-0.2, -0.15) is 15.0 Å². The van der Waals surface area contributed by atoms with E-state index in [1.165, 1.54) is 4.80 Å². The highest BCUT2D eigenvalue weighted by Gasteiger charge is 2.53. The largest absolute Gasteiger partial charge is 0.457 e. The highest BCUT2D eigenvalue weighted by molar-refractivity contribution is 5.88. The smallest absolute Gasteiger partial charge is 0.309 e. The van der Waals surface area contributed by atoms with Gasteiger partial charge >= 0.3 is 5.97 Å². The van der Waals surface area contributed by atoms with Crippen LogP contribution < -0.4 is 0 Å². The molecule has 0 unspecified atom stereocenters. The van der Waals surface area contributed by atoms with E-state index in [4.69, 9.17) is 9.47 Å². The molecule has 0 spiro atoms. The second-order valence-electron chi connectivity index (χ2n) is 12.1. The van der Waals surface area contributed by atoms with Crippen molar-refractivity contribution in [2.75, 3.05) is 0 Å². The standard InChI is InChI=1S/C29H43N3O6/c1-7-9-19-26(35)17(2)10-8-13-29(5)24(38-29)15-22(18-11-12-20-21(14-18)31-32(6)30-20)37-25(34)16-23(33)28(3,4)27(19)36/h11-12,14,17,19,22-24,26,33,35H,7-10,13,15-16H2,1-6H3/t17-,19+,22-,23-,24-,26-,29+/m0/s1. The van der Waals surface area contributed by atoms with Crippen molar-refractivity contribution in [1.29, 1.82) is 0 Å². The molecule has 0 radical (unpaired) electrons. The summed E-state index contributed by atoms with van der Waals surface area (Å²) in [5.74, 6) is -1.48. The molecular formula is C29H43N3O6. The summed E-state index contributed by atoms with van der Waals surface area (Å²) in [5.41, 5.74) is 0.687. The van der Waals surface area contributed by atoms with Gasteiger partial charge in [0.25, 0.3) is 0 Å². The number of Topliss-reactive ketones (excluding diaryl/α,β-unsaturated/α-hetero) is 1. The van der Waals surface area contributed by atoms with E-state index >= 15 is 0 Å². The first-order chi connectivity index (χ1) is 17.9. The predicted molar refractivity (Wildman–Crippen MR) is 142 cm³/mol. The zero-order valence-corrected chi connectivity index (χ0v) is 23.5. The minimum atomic E-state index is -1.25. The molecule has 2 aliphatic heterocycles. The van der Waals surface area contributed by atoms with Crippen LogP contribution in [-0.2, 0) is 26.1 Å². The Morgan fingerprint density at radius 2 is 1.84 bits per heavy atom. The van der Waals surface area contributed by atoms with Gasteiger partial charge in [-0.3, -0.25) is 9.59 Å². The van der Waals surface area contributed by atoms with Crippen molar-refractivity contribution in [3.05, 3.63) is 23.8 Å². The van der Waals surface area contributed by atoms with Crippen LogP contribution in [0.3, 0.4) is 0 Å². The molecule has 2 N–H and O–H groups in total. The number of fused-ring (bicyclic) bond motifs is 2. The van der Waals surface area contributed by atoms with Gasteiger partial charge in [-0.15, -0.1) is 0 Å². The van der Waals surface area contributed by atoms with Gasteiger partial charge in [-0.05, 0) is 49.8 Å². The molecule has 210 valence electrons. The van der Waals surface area contributed by atoms with Gasteiger partial charge in [0, 0.05) is 19.4 Å². The number of epoxide rings is 1. The first-order valence-electron chi connectivity index (χ1n) is 13.9. The minimum absolute atomic E-state index is 0.0754. The number of benzene rings is 1. The highest BCUT2D eigenvalue weighted by Crippen LogP contribution is 2.46. The van der Waals surface area contributed by atoms with E-state index in [1.54, 1.807) is 20.9 Å². The number of ether oxygens (including phenoxy) is 2. The van der Waals surface area contributed by atoms with E-state index in [2.05, 4.69) is 17.1 Å². The lowest BCUT2D eigenvalue weighted by atomic mass is 9.71. The molecule has 38 heavy (non-hydrogen) atoms. The summed E-state index contributed by atoms with van der Waals surface area (Å²) in [4.78, 5) is 28.3. The molecule has 0 bridgehead atoms. The lowest BCUT2D eigenvalue weighted by Gasteiger charge is -2.36. The van der Waals surface area contributed by atoms with Crippen LogP contribution in [0.2, 0.25) is 0 Å². The van der Waals surface area contributed by atoms with Crippen LogP contribution >= 0.6 is 0 Å². The highest BCUT2D eigenvalue weighted by atomic mass is 16.6. The third kappa shape index (κ3) is 5.95. The number of rotatable bonds is 3. The number of aryl methyl sites for hydroxylation is 1. The predicted octanol–water partition coefficient (Wildman–Crippen LogP) is 4.04. The van der Waals surface area contributed by atoms with Crippen LogP contribution in [0.4, 0.5) is 0 Å². The Labute approximate surface area is 224 Å². The van der Waals surface area contributed by atoms with Gasteiger partial charge in [0.2, 0.25) is 0 Å². The van der Waals surface area contributed by atoms with E-state index < -0.39 is 35.6 Å². The molecular weight excluding hydrogens is 486 g/mol. The van der Waals surface area contributed by atoms with Crippen molar-refractivity contribution in [3.8, 4) is 0 Å². The second-order valence-corrected chi connectivity index (χ2v) is 12.1. The van der Waals surface area contributed by atoms with Crippen molar-refractivity contribution in [1.82, 2.24) is 15.0 Å². The fourth-order valence-electron chi connectivity index (χ4n) is 5.87. The quantitative estimate of drug-likeness (QED) is 0.450. The van der Waals surface area contributed by atoms with Gasteiger partial charge in [-0.25, -0.2) is 0 Å². The maximum absolute atomic E-state index is 13.6. The Kier molecular flexibility index (Phi) is 8.31. The number of hydrogen-bond acceptors (Lipinski definition) is 8. The van der Waals surface area contributed by atoms with Gasteiger partial charge < -0.3 is 19.7 Å². The first kappa shape index (κ1) is 28.6. The molecule has 0 aliphatic carbocycles. The average molecular weight is 530 g/mol. The summed E-state index contributed by atoms with van der Waals surface area (Å²) in [7, 11) is 1.75. The summed E-state index contributed by atoms with van der Waals surface area (Å²) in [6.45, 7) is 9.34. The number of esters is 1. The molecule has 9 nitrogen and oxygen atoms in total. The van der Waals surface area contributed by atoms with Gasteiger partial charge in [0.15, 0.2) is 0 Å². The van der Waals surface area contributed by atoms with Crippen LogP contribution in [0, 0.1) is 17.3 Å². The number of aliphatic hydroxyl groups excluding tert-OH is 2. The molecule has 7 atom stereocenters. The number of carbonyl (C=O) groups excluding carboxylic acids is 2. The number of aliphatic hydroxyl groups is 2. The van der Waals surface area contributed by atoms with E-state index in [1.807, 2.05) is 32.0 Å². The van der Waals surface area contributed by atoms with Gasteiger partial charge in [0.1, 0.15) is 22.9 Å². The number of aromatic nitrogens is 3. The maximum atomic E-state index is 13.6. The molecule has 9 heteroatoms. The SMILES string of the molecule is CCC[C@H]1C(=O)C(C)(C)[C@@H](O)CC(=O)O[C@H](c2ccc3nn(C)nc3c2)C[C@@H]2O[C@]2(C)CCC[C@H](C)[C@@H]1O. The minimum Gasteiger partial charge on any atom is -0.457 e. The molecule has 1 aromatic heterocycles. The van der Waals surface area contributed by atoms with Gasteiger partial charge in [-0.1, -0.05) is 46.6 Å². The average Bonchev–Trinajstić information content (AvgIpc) is 3.32. The summed E-state index contributed by atoms with van der Waals surface area (Å²) in [5, 5.41) is 30.9. The Balaban J connectivity index is 1.62. The first-order valence-corrected chi connectivity index (χ1v) is 13.9. The molecule has 1 aromatic carbocycles. The lowest BCUT2D eigenvalue weighted by Crippen LogP contribution is -2.46. The summed E-state index contributed by atoms with van der Waals surface area (Å²) in [6, 6.07) is 5.62.